The van der Waals surface area contributed by atoms with E-state index in [1.807, 2.05) is 30.3 Å². The Morgan fingerprint density at radius 2 is 1.93 bits per heavy atom. The summed E-state index contributed by atoms with van der Waals surface area (Å²) >= 11 is 5.72. The number of anilines is 1. The minimum Gasteiger partial charge on any atom is -0.452 e. The number of halogens is 1. The molecule has 0 spiro atoms. The monoisotopic (exact) mass is 401 g/mol. The number of hydrogen-bond acceptors (Lipinski definition) is 5. The van der Waals surface area contributed by atoms with Gasteiger partial charge in [0.1, 0.15) is 5.82 Å². The molecule has 2 aromatic rings. The van der Waals surface area contributed by atoms with Crippen LogP contribution in [0.5, 0.6) is 0 Å². The standard InChI is InChI=1S/C20H20ClN3O4/c1-14(20(27)24-17-9-8-16(21)13-23-17)28-19(26)11-12-22-18(25)10-7-15-5-3-2-4-6-15/h2-10,13-14H,11-12H2,1H3,(H,22,25)(H,23,24,27)/b10-7+/t14-/m1/s1. The highest BCUT2D eigenvalue weighted by Gasteiger charge is 2.18. The number of aromatic nitrogens is 1. The van der Waals surface area contributed by atoms with Crippen LogP contribution in [0.3, 0.4) is 0 Å². The molecule has 2 amide bonds. The Balaban J connectivity index is 1.68. The lowest BCUT2D eigenvalue weighted by atomic mass is 10.2. The average Bonchev–Trinajstić information content (AvgIpc) is 2.69. The fraction of sp³-hybridized carbons (Fsp3) is 0.200. The van der Waals surface area contributed by atoms with E-state index in [-0.39, 0.29) is 18.9 Å². The molecule has 0 aliphatic heterocycles. The summed E-state index contributed by atoms with van der Waals surface area (Å²) in [6.45, 7) is 1.55. The highest BCUT2D eigenvalue weighted by molar-refractivity contribution is 6.30. The summed E-state index contributed by atoms with van der Waals surface area (Å²) < 4.78 is 5.05. The van der Waals surface area contributed by atoms with Crippen molar-refractivity contribution < 1.29 is 19.1 Å². The molecule has 0 fully saturated rings. The molecule has 0 radical (unpaired) electrons. The maximum absolute atomic E-state index is 12.0. The maximum Gasteiger partial charge on any atom is 0.308 e. The first kappa shape index (κ1) is 21.1. The van der Waals surface area contributed by atoms with Crippen LogP contribution in [0.1, 0.15) is 18.9 Å². The number of amides is 2. The topological polar surface area (TPSA) is 97.4 Å². The molecule has 1 heterocycles. The van der Waals surface area contributed by atoms with E-state index in [0.29, 0.717) is 10.8 Å². The Bertz CT molecular complexity index is 838. The van der Waals surface area contributed by atoms with E-state index in [4.69, 9.17) is 16.3 Å². The zero-order chi connectivity index (χ0) is 20.4. The summed E-state index contributed by atoms with van der Waals surface area (Å²) in [5.74, 6) is -1.14. The van der Waals surface area contributed by atoms with Crippen LogP contribution in [0.2, 0.25) is 5.02 Å². The molecule has 1 atom stereocenters. The summed E-state index contributed by atoms with van der Waals surface area (Å²) in [7, 11) is 0. The van der Waals surface area contributed by atoms with Crippen molar-refractivity contribution in [2.24, 2.45) is 0 Å². The summed E-state index contributed by atoms with van der Waals surface area (Å²) in [6, 6.07) is 12.5. The average molecular weight is 402 g/mol. The van der Waals surface area contributed by atoms with Crippen LogP contribution >= 0.6 is 11.6 Å². The van der Waals surface area contributed by atoms with Crippen LogP contribution in [0.25, 0.3) is 6.08 Å². The number of esters is 1. The van der Waals surface area contributed by atoms with Gasteiger partial charge in [0.2, 0.25) is 5.91 Å². The lowest BCUT2D eigenvalue weighted by Crippen LogP contribution is -2.31. The van der Waals surface area contributed by atoms with Gasteiger partial charge >= 0.3 is 5.97 Å². The van der Waals surface area contributed by atoms with Gasteiger partial charge in [-0.1, -0.05) is 41.9 Å². The quantitative estimate of drug-likeness (QED) is 0.523. The molecule has 0 saturated heterocycles. The first-order chi connectivity index (χ1) is 13.4. The van der Waals surface area contributed by atoms with E-state index in [0.717, 1.165) is 5.56 Å². The number of benzene rings is 1. The number of rotatable bonds is 8. The Labute approximate surface area is 167 Å². The molecule has 8 heteroatoms. The van der Waals surface area contributed by atoms with Crippen molar-refractivity contribution in [1.29, 1.82) is 0 Å². The SMILES string of the molecule is C[C@@H](OC(=O)CCNC(=O)/C=C/c1ccccc1)C(=O)Nc1ccc(Cl)cn1. The van der Waals surface area contributed by atoms with Gasteiger partial charge in [-0.05, 0) is 30.7 Å². The number of hydrogen-bond donors (Lipinski definition) is 2. The minimum absolute atomic E-state index is 0.0538. The summed E-state index contributed by atoms with van der Waals surface area (Å²) in [5.41, 5.74) is 0.895. The minimum atomic E-state index is -1.00. The zero-order valence-corrected chi connectivity index (χ0v) is 16.0. The molecular formula is C20H20ClN3O4. The second kappa shape index (κ2) is 10.8. The Kier molecular flexibility index (Phi) is 8.17. The highest BCUT2D eigenvalue weighted by Crippen LogP contribution is 2.10. The third kappa shape index (κ3) is 7.59. The number of nitrogens with one attached hydrogen (secondary N) is 2. The molecule has 146 valence electrons. The summed E-state index contributed by atoms with van der Waals surface area (Å²) in [4.78, 5) is 39.5. The summed E-state index contributed by atoms with van der Waals surface area (Å²) in [5, 5.41) is 5.54. The van der Waals surface area contributed by atoms with Crippen LogP contribution in [0, 0.1) is 0 Å². The zero-order valence-electron chi connectivity index (χ0n) is 15.2. The molecule has 28 heavy (non-hydrogen) atoms. The fourth-order valence-electron chi connectivity index (χ4n) is 2.07. The molecule has 7 nitrogen and oxygen atoms in total. The lowest BCUT2D eigenvalue weighted by molar-refractivity contribution is -0.153. The maximum atomic E-state index is 12.0. The molecule has 0 bridgehead atoms. The number of carbonyl (C=O) groups excluding carboxylic acids is 3. The van der Waals surface area contributed by atoms with Crippen LogP contribution in [-0.2, 0) is 19.1 Å². The predicted octanol–water partition coefficient (Wildman–Crippen LogP) is 2.82. The van der Waals surface area contributed by atoms with Crippen LogP contribution < -0.4 is 10.6 Å². The van der Waals surface area contributed by atoms with Gasteiger partial charge in [-0.15, -0.1) is 0 Å². The van der Waals surface area contributed by atoms with E-state index in [1.54, 1.807) is 12.1 Å². The number of ether oxygens (including phenoxy) is 1. The smallest absolute Gasteiger partial charge is 0.308 e. The van der Waals surface area contributed by atoms with Crippen molar-refractivity contribution in [1.82, 2.24) is 10.3 Å². The predicted molar refractivity (Wildman–Crippen MR) is 107 cm³/mol. The Morgan fingerprint density at radius 1 is 1.18 bits per heavy atom. The van der Waals surface area contributed by atoms with Gasteiger partial charge < -0.3 is 15.4 Å². The van der Waals surface area contributed by atoms with Gasteiger partial charge in [0, 0.05) is 18.8 Å². The van der Waals surface area contributed by atoms with Gasteiger partial charge in [-0.25, -0.2) is 4.98 Å². The van der Waals surface area contributed by atoms with Crippen molar-refractivity contribution in [3.8, 4) is 0 Å². The largest absolute Gasteiger partial charge is 0.452 e. The van der Waals surface area contributed by atoms with Crippen molar-refractivity contribution in [3.05, 3.63) is 65.3 Å². The van der Waals surface area contributed by atoms with Gasteiger partial charge in [0.25, 0.3) is 5.91 Å². The van der Waals surface area contributed by atoms with Crippen molar-refractivity contribution in [2.75, 3.05) is 11.9 Å². The van der Waals surface area contributed by atoms with Gasteiger partial charge in [-0.2, -0.15) is 0 Å². The highest BCUT2D eigenvalue weighted by atomic mass is 35.5. The van der Waals surface area contributed by atoms with Gasteiger partial charge in [0.05, 0.1) is 11.4 Å². The third-order valence-electron chi connectivity index (χ3n) is 3.51. The van der Waals surface area contributed by atoms with E-state index < -0.39 is 18.0 Å². The second-order valence-electron chi connectivity index (χ2n) is 5.77. The van der Waals surface area contributed by atoms with Crippen LogP contribution in [0.15, 0.2) is 54.7 Å². The van der Waals surface area contributed by atoms with Crippen molar-refractivity contribution >= 4 is 41.3 Å². The Morgan fingerprint density at radius 3 is 2.61 bits per heavy atom. The van der Waals surface area contributed by atoms with Crippen LogP contribution in [0.4, 0.5) is 5.82 Å². The molecule has 0 saturated carbocycles. The van der Waals surface area contributed by atoms with E-state index in [1.165, 1.54) is 25.3 Å². The molecule has 1 aromatic carbocycles. The van der Waals surface area contributed by atoms with E-state index in [2.05, 4.69) is 15.6 Å². The molecular weight excluding hydrogens is 382 g/mol. The second-order valence-corrected chi connectivity index (χ2v) is 6.20. The van der Waals surface area contributed by atoms with E-state index >= 15 is 0 Å². The molecule has 0 aliphatic rings. The normalized spacial score (nSPS) is 11.6. The van der Waals surface area contributed by atoms with Gasteiger partial charge in [-0.3, -0.25) is 14.4 Å². The van der Waals surface area contributed by atoms with Gasteiger partial charge in [0.15, 0.2) is 6.10 Å². The molecule has 1 aromatic heterocycles. The lowest BCUT2D eigenvalue weighted by Gasteiger charge is -2.13. The van der Waals surface area contributed by atoms with Crippen LogP contribution in [-0.4, -0.2) is 35.4 Å². The third-order valence-corrected chi connectivity index (χ3v) is 3.73. The molecule has 0 aliphatic carbocycles. The number of nitrogens with zero attached hydrogens (tertiary/aromatic N) is 1. The van der Waals surface area contributed by atoms with Crippen molar-refractivity contribution in [3.63, 3.8) is 0 Å². The van der Waals surface area contributed by atoms with E-state index in [9.17, 15) is 14.4 Å². The first-order valence-electron chi connectivity index (χ1n) is 8.57. The molecule has 0 unspecified atom stereocenters. The summed E-state index contributed by atoms with van der Waals surface area (Å²) in [6.07, 6.45) is 3.39. The number of pyridine rings is 1. The van der Waals surface area contributed by atoms with Crippen molar-refractivity contribution in [2.45, 2.75) is 19.4 Å². The Hall–Kier alpha value is -3.19. The molecule has 2 rings (SSSR count). The number of carbonyl (C=O) groups is 3. The fourth-order valence-corrected chi connectivity index (χ4v) is 2.18. The molecule has 2 N–H and O–H groups in total. The first-order valence-corrected chi connectivity index (χ1v) is 8.94.